The smallest absolute Gasteiger partial charge is 0.335 e. The number of benzene rings is 2. The predicted octanol–water partition coefficient (Wildman–Crippen LogP) is 3.34. The summed E-state index contributed by atoms with van der Waals surface area (Å²) >= 11 is 0. The first kappa shape index (κ1) is 18.4. The summed E-state index contributed by atoms with van der Waals surface area (Å²) in [7, 11) is 1.70. The molecule has 2 rings (SSSR count). The number of carbonyl (C=O) groups excluding carboxylic acids is 1. The van der Waals surface area contributed by atoms with E-state index in [0.717, 1.165) is 5.56 Å². The number of halogens is 1. The van der Waals surface area contributed by atoms with Crippen molar-refractivity contribution in [3.8, 4) is 5.75 Å². The van der Waals surface area contributed by atoms with Gasteiger partial charge in [-0.15, -0.1) is 0 Å². The number of amides is 1. The van der Waals surface area contributed by atoms with Gasteiger partial charge in [0.1, 0.15) is 11.6 Å². The quantitative estimate of drug-likeness (QED) is 0.745. The Kier molecular flexibility index (Phi) is 6.51. The highest BCUT2D eigenvalue weighted by molar-refractivity contribution is 5.87. The van der Waals surface area contributed by atoms with Crippen LogP contribution in [0.4, 0.5) is 4.39 Å². The highest BCUT2D eigenvalue weighted by atomic mass is 19.1. The summed E-state index contributed by atoms with van der Waals surface area (Å²) in [5.74, 6) is -0.747. The van der Waals surface area contributed by atoms with E-state index in [1.807, 2.05) is 0 Å². The van der Waals surface area contributed by atoms with Crippen LogP contribution in [0.5, 0.6) is 5.75 Å². The number of ether oxygens (including phenoxy) is 1. The molecule has 0 saturated carbocycles. The van der Waals surface area contributed by atoms with Crippen molar-refractivity contribution in [1.29, 1.82) is 0 Å². The Morgan fingerprint density at radius 3 is 2.32 bits per heavy atom. The molecule has 0 atom stereocenters. The van der Waals surface area contributed by atoms with Crippen molar-refractivity contribution in [3.63, 3.8) is 0 Å². The molecule has 0 fully saturated rings. The Balaban J connectivity index is 1.72. The number of aromatic carboxylic acids is 1. The summed E-state index contributed by atoms with van der Waals surface area (Å²) in [4.78, 5) is 24.5. The fraction of sp³-hybridized carbons (Fsp3) is 0.263. The zero-order valence-electron chi connectivity index (χ0n) is 13.9. The van der Waals surface area contributed by atoms with Gasteiger partial charge < -0.3 is 14.7 Å². The highest BCUT2D eigenvalue weighted by Crippen LogP contribution is 2.12. The van der Waals surface area contributed by atoms with Crippen molar-refractivity contribution in [2.24, 2.45) is 0 Å². The first-order valence-corrected chi connectivity index (χ1v) is 7.90. The van der Waals surface area contributed by atoms with Crippen molar-refractivity contribution in [3.05, 3.63) is 65.5 Å². The van der Waals surface area contributed by atoms with Crippen molar-refractivity contribution in [1.82, 2.24) is 4.90 Å². The van der Waals surface area contributed by atoms with Crippen molar-refractivity contribution >= 4 is 11.9 Å². The van der Waals surface area contributed by atoms with Crippen LogP contribution in [0.1, 0.15) is 28.8 Å². The van der Waals surface area contributed by atoms with Gasteiger partial charge in [0.25, 0.3) is 0 Å². The summed E-state index contributed by atoms with van der Waals surface area (Å²) in [6, 6.07) is 12.2. The number of hydrogen-bond donors (Lipinski definition) is 1. The van der Waals surface area contributed by atoms with Gasteiger partial charge >= 0.3 is 5.97 Å². The van der Waals surface area contributed by atoms with Gasteiger partial charge in [0.15, 0.2) is 0 Å². The topological polar surface area (TPSA) is 66.8 Å². The lowest BCUT2D eigenvalue weighted by molar-refractivity contribution is -0.130. The Morgan fingerprint density at radius 1 is 1.08 bits per heavy atom. The van der Waals surface area contributed by atoms with Gasteiger partial charge in [0, 0.05) is 20.0 Å². The van der Waals surface area contributed by atoms with Gasteiger partial charge in [-0.2, -0.15) is 0 Å². The minimum Gasteiger partial charge on any atom is -0.494 e. The van der Waals surface area contributed by atoms with E-state index in [0.29, 0.717) is 31.7 Å². The Hall–Kier alpha value is -2.89. The fourth-order valence-corrected chi connectivity index (χ4v) is 2.25. The maximum absolute atomic E-state index is 12.8. The largest absolute Gasteiger partial charge is 0.494 e. The second kappa shape index (κ2) is 8.82. The molecule has 0 bridgehead atoms. The molecule has 0 aliphatic heterocycles. The molecular weight excluding hydrogens is 325 g/mol. The standard InChI is InChI=1S/C19H20FNO4/c1-21(13-14-4-6-15(7-5-14)19(23)24)18(22)3-2-12-25-17-10-8-16(20)9-11-17/h4-11H,2-3,12-13H2,1H3,(H,23,24). The third-order valence-corrected chi connectivity index (χ3v) is 3.66. The van der Waals surface area contributed by atoms with Crippen molar-refractivity contribution < 1.29 is 23.8 Å². The molecule has 0 spiro atoms. The van der Waals surface area contributed by atoms with Crippen LogP contribution >= 0.6 is 0 Å². The van der Waals surface area contributed by atoms with E-state index < -0.39 is 5.97 Å². The Morgan fingerprint density at radius 2 is 1.72 bits per heavy atom. The van der Waals surface area contributed by atoms with Crippen LogP contribution in [0.3, 0.4) is 0 Å². The molecule has 25 heavy (non-hydrogen) atoms. The molecule has 132 valence electrons. The number of carboxylic acids is 1. The first-order valence-electron chi connectivity index (χ1n) is 7.90. The Labute approximate surface area is 145 Å². The molecule has 2 aromatic carbocycles. The number of nitrogens with zero attached hydrogens (tertiary/aromatic N) is 1. The molecule has 2 aromatic rings. The molecule has 0 aliphatic rings. The van der Waals surface area contributed by atoms with E-state index in [4.69, 9.17) is 9.84 Å². The van der Waals surface area contributed by atoms with Crippen LogP contribution in [0, 0.1) is 5.82 Å². The van der Waals surface area contributed by atoms with E-state index in [2.05, 4.69) is 0 Å². The maximum atomic E-state index is 12.8. The molecule has 1 N–H and O–H groups in total. The summed E-state index contributed by atoms with van der Waals surface area (Å²) < 4.78 is 18.2. The molecule has 6 heteroatoms. The molecule has 0 saturated heterocycles. The number of carboxylic acid groups (broad SMARTS) is 1. The van der Waals surface area contributed by atoms with E-state index in [-0.39, 0.29) is 17.3 Å². The summed E-state index contributed by atoms with van der Waals surface area (Å²) in [6.45, 7) is 0.788. The molecule has 0 heterocycles. The highest BCUT2D eigenvalue weighted by Gasteiger charge is 2.10. The van der Waals surface area contributed by atoms with E-state index in [9.17, 15) is 14.0 Å². The lowest BCUT2D eigenvalue weighted by Crippen LogP contribution is -2.26. The zero-order valence-corrected chi connectivity index (χ0v) is 13.9. The summed E-state index contributed by atoms with van der Waals surface area (Å²) in [5.41, 5.74) is 1.08. The SMILES string of the molecule is CN(Cc1ccc(C(=O)O)cc1)C(=O)CCCOc1ccc(F)cc1. The fourth-order valence-electron chi connectivity index (χ4n) is 2.25. The van der Waals surface area contributed by atoms with E-state index >= 15 is 0 Å². The second-order valence-corrected chi connectivity index (χ2v) is 5.66. The van der Waals surface area contributed by atoms with Crippen LogP contribution < -0.4 is 4.74 Å². The molecule has 0 aromatic heterocycles. The normalized spacial score (nSPS) is 10.3. The van der Waals surface area contributed by atoms with Crippen molar-refractivity contribution in [2.45, 2.75) is 19.4 Å². The van der Waals surface area contributed by atoms with Gasteiger partial charge in [-0.25, -0.2) is 9.18 Å². The monoisotopic (exact) mass is 345 g/mol. The number of rotatable bonds is 8. The van der Waals surface area contributed by atoms with E-state index in [1.165, 1.54) is 24.3 Å². The number of hydrogen-bond acceptors (Lipinski definition) is 3. The summed E-state index contributed by atoms with van der Waals surface area (Å²) in [6.07, 6.45) is 0.892. The van der Waals surface area contributed by atoms with E-state index in [1.54, 1.807) is 36.2 Å². The summed E-state index contributed by atoms with van der Waals surface area (Å²) in [5, 5.41) is 8.87. The second-order valence-electron chi connectivity index (χ2n) is 5.66. The van der Waals surface area contributed by atoms with Crippen LogP contribution in [-0.2, 0) is 11.3 Å². The Bertz CT molecular complexity index is 713. The predicted molar refractivity (Wildman–Crippen MR) is 91.0 cm³/mol. The van der Waals surface area contributed by atoms with Gasteiger partial charge in [-0.1, -0.05) is 12.1 Å². The minimum atomic E-state index is -0.975. The average Bonchev–Trinajstić information content (AvgIpc) is 2.60. The molecule has 1 amide bonds. The molecule has 5 nitrogen and oxygen atoms in total. The average molecular weight is 345 g/mol. The van der Waals surface area contributed by atoms with Gasteiger partial charge in [-0.05, 0) is 48.4 Å². The maximum Gasteiger partial charge on any atom is 0.335 e. The van der Waals surface area contributed by atoms with Crippen molar-refractivity contribution in [2.75, 3.05) is 13.7 Å². The van der Waals surface area contributed by atoms with Gasteiger partial charge in [0.05, 0.1) is 12.2 Å². The lowest BCUT2D eigenvalue weighted by Gasteiger charge is -2.17. The van der Waals surface area contributed by atoms with Crippen LogP contribution in [0.15, 0.2) is 48.5 Å². The molecular formula is C19H20FNO4. The van der Waals surface area contributed by atoms with Crippen LogP contribution in [0.25, 0.3) is 0 Å². The third kappa shape index (κ3) is 5.91. The lowest BCUT2D eigenvalue weighted by atomic mass is 10.1. The van der Waals surface area contributed by atoms with Gasteiger partial charge in [-0.3, -0.25) is 4.79 Å². The molecule has 0 unspecified atom stereocenters. The molecule has 0 aliphatic carbocycles. The van der Waals surface area contributed by atoms with Crippen LogP contribution in [-0.4, -0.2) is 35.5 Å². The first-order chi connectivity index (χ1) is 12.0. The van der Waals surface area contributed by atoms with Crippen LogP contribution in [0.2, 0.25) is 0 Å². The minimum absolute atomic E-state index is 0.0231. The molecule has 0 radical (unpaired) electrons. The zero-order chi connectivity index (χ0) is 18.2. The van der Waals surface area contributed by atoms with Gasteiger partial charge in [0.2, 0.25) is 5.91 Å². The number of carbonyl (C=O) groups is 2. The third-order valence-electron chi connectivity index (χ3n) is 3.66.